The van der Waals surface area contributed by atoms with Gasteiger partial charge in [-0.15, -0.1) is 11.3 Å². The van der Waals surface area contributed by atoms with Gasteiger partial charge in [-0.05, 0) is 49.0 Å². The van der Waals surface area contributed by atoms with Gasteiger partial charge in [-0.25, -0.2) is 4.98 Å². The minimum atomic E-state index is -0.447. The number of non-ortho nitro benzene ring substituents is 1. The fourth-order valence-corrected chi connectivity index (χ4v) is 5.00. The van der Waals surface area contributed by atoms with Crippen LogP contribution >= 0.6 is 23.1 Å². The zero-order valence-corrected chi connectivity index (χ0v) is 19.4. The van der Waals surface area contributed by atoms with Crippen LogP contribution in [-0.2, 0) is 0 Å². The zero-order chi connectivity index (χ0) is 23.5. The first kappa shape index (κ1) is 21.7. The van der Waals surface area contributed by atoms with Crippen molar-refractivity contribution in [2.75, 3.05) is 10.6 Å². The van der Waals surface area contributed by atoms with Gasteiger partial charge in [0.05, 0.1) is 15.1 Å². The van der Waals surface area contributed by atoms with E-state index in [0.29, 0.717) is 16.8 Å². The van der Waals surface area contributed by atoms with E-state index in [1.165, 1.54) is 23.9 Å². The molecule has 5 aromatic rings. The largest absolute Gasteiger partial charge is 0.324 e. The number of anilines is 4. The van der Waals surface area contributed by atoms with E-state index < -0.39 is 4.92 Å². The van der Waals surface area contributed by atoms with Crippen molar-refractivity contribution in [3.63, 3.8) is 0 Å². The molecular weight excluding hydrogens is 470 g/mol. The van der Waals surface area contributed by atoms with Crippen LogP contribution in [0.1, 0.15) is 5.56 Å². The molecule has 0 spiro atoms. The molecule has 168 valence electrons. The van der Waals surface area contributed by atoms with Crippen molar-refractivity contribution in [1.29, 1.82) is 0 Å². The number of nitro groups is 1. The quantitative estimate of drug-likeness (QED) is 0.200. The number of aryl methyl sites for hydroxylation is 1. The molecule has 2 heterocycles. The molecule has 0 bridgehead atoms. The molecule has 9 nitrogen and oxygen atoms in total. The van der Waals surface area contributed by atoms with E-state index in [4.69, 9.17) is 0 Å². The number of benzene rings is 3. The lowest BCUT2D eigenvalue weighted by Crippen LogP contribution is -2.05. The summed E-state index contributed by atoms with van der Waals surface area (Å²) in [5.74, 6) is 0.601. The Morgan fingerprint density at radius 3 is 2.32 bits per heavy atom. The molecule has 0 aliphatic carbocycles. The van der Waals surface area contributed by atoms with Gasteiger partial charge in [0.15, 0.2) is 4.34 Å². The van der Waals surface area contributed by atoms with Gasteiger partial charge in [0, 0.05) is 23.5 Å². The first-order valence-electron chi connectivity index (χ1n) is 10.2. The van der Waals surface area contributed by atoms with Gasteiger partial charge in [0.2, 0.25) is 17.1 Å². The summed E-state index contributed by atoms with van der Waals surface area (Å²) >= 11 is 2.88. The minimum absolute atomic E-state index is 0.0267. The lowest BCUT2D eigenvalue weighted by Gasteiger charge is -2.10. The number of hydrogen-bond donors (Lipinski definition) is 2. The summed E-state index contributed by atoms with van der Waals surface area (Å²) < 4.78 is 1.88. The molecule has 0 unspecified atom stereocenters. The standard InChI is InChI=1S/C23H17N7O2S2/c1-14-9-11-15(12-10-14)24-20-27-21(25-16-5-4-6-17(13-16)30(31)32)29-22(28-20)34-23-26-18-7-2-3-8-19(18)33-23/h2-13H,1H3,(H2,24,25,27,28,29). The van der Waals surface area contributed by atoms with Crippen molar-refractivity contribution in [2.45, 2.75) is 16.4 Å². The second kappa shape index (κ2) is 9.41. The summed E-state index contributed by atoms with van der Waals surface area (Å²) in [4.78, 5) is 28.9. The topological polar surface area (TPSA) is 119 Å². The summed E-state index contributed by atoms with van der Waals surface area (Å²) in [6.45, 7) is 2.01. The fourth-order valence-electron chi connectivity index (χ4n) is 3.08. The lowest BCUT2D eigenvalue weighted by molar-refractivity contribution is -0.384. The van der Waals surface area contributed by atoms with E-state index in [0.717, 1.165) is 25.8 Å². The van der Waals surface area contributed by atoms with E-state index in [-0.39, 0.29) is 11.6 Å². The van der Waals surface area contributed by atoms with Gasteiger partial charge in [-0.1, -0.05) is 35.9 Å². The molecule has 0 fully saturated rings. The maximum Gasteiger partial charge on any atom is 0.271 e. The number of fused-ring (bicyclic) bond motifs is 1. The Balaban J connectivity index is 1.48. The Hall–Kier alpha value is -4.09. The Morgan fingerprint density at radius 2 is 1.59 bits per heavy atom. The SMILES string of the molecule is Cc1ccc(Nc2nc(Nc3cccc([N+](=O)[O-])c3)nc(Sc3nc4ccccc4s3)n2)cc1. The zero-order valence-electron chi connectivity index (χ0n) is 17.8. The summed E-state index contributed by atoms with van der Waals surface area (Å²) in [5, 5.41) is 17.8. The van der Waals surface area contributed by atoms with Gasteiger partial charge in [-0.3, -0.25) is 10.1 Å². The summed E-state index contributed by atoms with van der Waals surface area (Å²) in [6.07, 6.45) is 0. The Labute approximate surface area is 202 Å². The van der Waals surface area contributed by atoms with E-state index in [1.807, 2.05) is 55.5 Å². The highest BCUT2D eigenvalue weighted by atomic mass is 32.2. The van der Waals surface area contributed by atoms with E-state index >= 15 is 0 Å². The van der Waals surface area contributed by atoms with Crippen molar-refractivity contribution in [2.24, 2.45) is 0 Å². The van der Waals surface area contributed by atoms with Crippen molar-refractivity contribution in [3.05, 3.63) is 88.5 Å². The third-order valence-corrected chi connectivity index (χ3v) is 6.65. The van der Waals surface area contributed by atoms with E-state index in [2.05, 4.69) is 30.6 Å². The van der Waals surface area contributed by atoms with Gasteiger partial charge in [0.25, 0.3) is 5.69 Å². The molecule has 0 saturated carbocycles. The van der Waals surface area contributed by atoms with E-state index in [9.17, 15) is 10.1 Å². The van der Waals surface area contributed by atoms with Gasteiger partial charge in [-0.2, -0.15) is 15.0 Å². The molecule has 0 amide bonds. The van der Waals surface area contributed by atoms with Gasteiger partial charge < -0.3 is 10.6 Å². The lowest BCUT2D eigenvalue weighted by atomic mass is 10.2. The second-order valence-electron chi connectivity index (χ2n) is 7.24. The number of thiazole rings is 1. The van der Waals surface area contributed by atoms with E-state index in [1.54, 1.807) is 23.5 Å². The van der Waals surface area contributed by atoms with Crippen LogP contribution in [0, 0.1) is 17.0 Å². The number of nitrogens with zero attached hydrogens (tertiary/aromatic N) is 5. The van der Waals surface area contributed by atoms with Crippen LogP contribution in [0.3, 0.4) is 0 Å². The third-order valence-electron chi connectivity index (χ3n) is 4.69. The third kappa shape index (κ3) is 5.11. The maximum atomic E-state index is 11.1. The van der Waals surface area contributed by atoms with Crippen LogP contribution in [0.15, 0.2) is 82.3 Å². The predicted molar refractivity (Wildman–Crippen MR) is 134 cm³/mol. The number of para-hydroxylation sites is 1. The number of aromatic nitrogens is 4. The first-order chi connectivity index (χ1) is 16.5. The number of nitro benzene ring substituents is 1. The molecule has 0 saturated heterocycles. The van der Waals surface area contributed by atoms with Gasteiger partial charge >= 0.3 is 0 Å². The van der Waals surface area contributed by atoms with Crippen LogP contribution in [0.25, 0.3) is 10.2 Å². The summed E-state index contributed by atoms with van der Waals surface area (Å²) in [7, 11) is 0. The fraction of sp³-hybridized carbons (Fsp3) is 0.0435. The molecule has 0 radical (unpaired) electrons. The van der Waals surface area contributed by atoms with Crippen molar-refractivity contribution >= 4 is 62.3 Å². The van der Waals surface area contributed by atoms with Crippen molar-refractivity contribution < 1.29 is 4.92 Å². The molecule has 3 aromatic carbocycles. The summed E-state index contributed by atoms with van der Waals surface area (Å²) in [5.41, 5.74) is 3.35. The van der Waals surface area contributed by atoms with Crippen LogP contribution in [0.4, 0.5) is 29.0 Å². The Morgan fingerprint density at radius 1 is 0.853 bits per heavy atom. The molecule has 5 rings (SSSR count). The molecular formula is C23H17N7O2S2. The highest BCUT2D eigenvalue weighted by Gasteiger charge is 2.13. The first-order valence-corrected chi connectivity index (χ1v) is 11.8. The van der Waals surface area contributed by atoms with Crippen molar-refractivity contribution in [1.82, 2.24) is 19.9 Å². The Kier molecular flexibility index (Phi) is 6.02. The monoisotopic (exact) mass is 487 g/mol. The molecule has 0 aliphatic heterocycles. The molecule has 11 heteroatoms. The highest BCUT2D eigenvalue weighted by molar-refractivity contribution is 8.01. The predicted octanol–water partition coefficient (Wildman–Crippen LogP) is 6.34. The minimum Gasteiger partial charge on any atom is -0.324 e. The molecule has 34 heavy (non-hydrogen) atoms. The molecule has 2 aromatic heterocycles. The second-order valence-corrected chi connectivity index (χ2v) is 9.48. The number of nitrogens with one attached hydrogen (secondary N) is 2. The normalized spacial score (nSPS) is 10.9. The molecule has 0 aliphatic rings. The van der Waals surface area contributed by atoms with Crippen LogP contribution < -0.4 is 10.6 Å². The number of rotatable bonds is 7. The smallest absolute Gasteiger partial charge is 0.271 e. The molecule has 2 N–H and O–H groups in total. The average Bonchev–Trinajstić information content (AvgIpc) is 3.23. The van der Waals surface area contributed by atoms with Gasteiger partial charge in [0.1, 0.15) is 0 Å². The molecule has 0 atom stereocenters. The van der Waals surface area contributed by atoms with Crippen LogP contribution in [-0.4, -0.2) is 24.9 Å². The Bertz CT molecular complexity index is 1460. The summed E-state index contributed by atoms with van der Waals surface area (Å²) in [6, 6.07) is 21.9. The average molecular weight is 488 g/mol. The van der Waals surface area contributed by atoms with Crippen LogP contribution in [0.5, 0.6) is 0 Å². The highest BCUT2D eigenvalue weighted by Crippen LogP contribution is 2.33. The van der Waals surface area contributed by atoms with Crippen LogP contribution in [0.2, 0.25) is 0 Å². The van der Waals surface area contributed by atoms with Crippen molar-refractivity contribution in [3.8, 4) is 0 Å². The number of hydrogen-bond acceptors (Lipinski definition) is 10. The maximum absolute atomic E-state index is 11.1.